The maximum atomic E-state index is 13.7. The highest BCUT2D eigenvalue weighted by Gasteiger charge is 2.15. The fourth-order valence-corrected chi connectivity index (χ4v) is 1.83. The quantitative estimate of drug-likeness (QED) is 0.477. The lowest BCUT2D eigenvalue weighted by molar-refractivity contribution is -0.385. The summed E-state index contributed by atoms with van der Waals surface area (Å²) in [5.74, 6) is -1.81. The van der Waals surface area contributed by atoms with Crippen molar-refractivity contribution in [1.29, 1.82) is 0 Å². The third kappa shape index (κ3) is 2.85. The fraction of sp³-hybridized carbons (Fsp3) is 0.0769. The normalized spacial score (nSPS) is 10.3. The van der Waals surface area contributed by atoms with Crippen LogP contribution in [0.3, 0.4) is 0 Å². The van der Waals surface area contributed by atoms with Gasteiger partial charge in [0.1, 0.15) is 11.6 Å². The topological polar surface area (TPSA) is 52.4 Å². The van der Waals surface area contributed by atoms with Gasteiger partial charge >= 0.3 is 0 Å². The summed E-state index contributed by atoms with van der Waals surface area (Å²) < 4.78 is 32.4. The van der Waals surface area contributed by atoms with E-state index in [9.17, 15) is 18.9 Å². The minimum Gasteiger partial charge on any atom is -0.454 e. The van der Waals surface area contributed by atoms with Gasteiger partial charge in [0, 0.05) is 11.6 Å². The standard InChI is InChI=1S/C13H8ClF2NO3/c14-7-9-10(15)2-1-3-12(9)20-13-5-4-8(17(18)19)6-11(13)16/h1-6H,7H2. The first-order chi connectivity index (χ1) is 9.52. The molecule has 0 radical (unpaired) electrons. The van der Waals surface area contributed by atoms with Gasteiger partial charge in [0.25, 0.3) is 5.69 Å². The molecule has 104 valence electrons. The van der Waals surface area contributed by atoms with Crippen LogP contribution in [-0.2, 0) is 5.88 Å². The van der Waals surface area contributed by atoms with Crippen LogP contribution in [0.4, 0.5) is 14.5 Å². The Morgan fingerprint density at radius 1 is 1.15 bits per heavy atom. The van der Waals surface area contributed by atoms with Crippen molar-refractivity contribution in [3.05, 3.63) is 63.7 Å². The summed E-state index contributed by atoms with van der Waals surface area (Å²) >= 11 is 5.61. The maximum Gasteiger partial charge on any atom is 0.272 e. The van der Waals surface area contributed by atoms with Gasteiger partial charge in [0.15, 0.2) is 11.6 Å². The van der Waals surface area contributed by atoms with E-state index in [0.717, 1.165) is 18.2 Å². The third-order valence-corrected chi connectivity index (χ3v) is 2.82. The average molecular weight is 300 g/mol. The predicted molar refractivity (Wildman–Crippen MR) is 69.1 cm³/mol. The molecule has 2 rings (SSSR count). The third-order valence-electron chi connectivity index (χ3n) is 2.56. The minimum atomic E-state index is -0.913. The molecule has 0 N–H and O–H groups in total. The maximum absolute atomic E-state index is 13.7. The van der Waals surface area contributed by atoms with E-state index in [4.69, 9.17) is 16.3 Å². The highest BCUT2D eigenvalue weighted by molar-refractivity contribution is 6.17. The number of rotatable bonds is 4. The van der Waals surface area contributed by atoms with Gasteiger partial charge in [-0.25, -0.2) is 8.78 Å². The van der Waals surface area contributed by atoms with Gasteiger partial charge in [-0.15, -0.1) is 11.6 Å². The first kappa shape index (κ1) is 14.2. The van der Waals surface area contributed by atoms with Gasteiger partial charge in [-0.05, 0) is 18.2 Å². The van der Waals surface area contributed by atoms with Crippen molar-refractivity contribution in [2.45, 2.75) is 5.88 Å². The van der Waals surface area contributed by atoms with Crippen LogP contribution < -0.4 is 4.74 Å². The molecule has 2 aromatic carbocycles. The van der Waals surface area contributed by atoms with E-state index in [2.05, 4.69) is 0 Å². The van der Waals surface area contributed by atoms with Crippen molar-refractivity contribution in [3.8, 4) is 11.5 Å². The largest absolute Gasteiger partial charge is 0.454 e. The second-order valence-electron chi connectivity index (χ2n) is 3.82. The van der Waals surface area contributed by atoms with Crippen LogP contribution in [0.25, 0.3) is 0 Å². The molecule has 2 aromatic rings. The Labute approximate surface area is 117 Å². The summed E-state index contributed by atoms with van der Waals surface area (Å²) in [6, 6.07) is 6.96. The van der Waals surface area contributed by atoms with Crippen molar-refractivity contribution in [2.75, 3.05) is 0 Å². The highest BCUT2D eigenvalue weighted by Crippen LogP contribution is 2.31. The molecule has 7 heteroatoms. The van der Waals surface area contributed by atoms with E-state index in [1.165, 1.54) is 18.2 Å². The molecule has 4 nitrogen and oxygen atoms in total. The van der Waals surface area contributed by atoms with E-state index >= 15 is 0 Å². The highest BCUT2D eigenvalue weighted by atomic mass is 35.5. The molecule has 0 amide bonds. The Balaban J connectivity index is 2.36. The molecule has 0 atom stereocenters. The van der Waals surface area contributed by atoms with Gasteiger partial charge in [0.2, 0.25) is 0 Å². The first-order valence-electron chi connectivity index (χ1n) is 5.48. The Morgan fingerprint density at radius 3 is 2.50 bits per heavy atom. The summed E-state index contributed by atoms with van der Waals surface area (Å²) in [7, 11) is 0. The fourth-order valence-electron chi connectivity index (χ4n) is 1.57. The Hall–Kier alpha value is -2.21. The second-order valence-corrected chi connectivity index (χ2v) is 4.09. The Bertz CT molecular complexity index is 664. The number of alkyl halides is 1. The van der Waals surface area contributed by atoms with Gasteiger partial charge in [-0.3, -0.25) is 10.1 Å². The zero-order valence-corrected chi connectivity index (χ0v) is 10.7. The molecule has 0 saturated carbocycles. The van der Waals surface area contributed by atoms with Crippen molar-refractivity contribution in [2.24, 2.45) is 0 Å². The van der Waals surface area contributed by atoms with Gasteiger partial charge in [0.05, 0.1) is 16.9 Å². The van der Waals surface area contributed by atoms with Crippen LogP contribution in [-0.4, -0.2) is 4.92 Å². The van der Waals surface area contributed by atoms with Gasteiger partial charge in [-0.2, -0.15) is 0 Å². The lowest BCUT2D eigenvalue weighted by atomic mass is 10.2. The molecule has 0 heterocycles. The molecule has 0 spiro atoms. The zero-order valence-electron chi connectivity index (χ0n) is 9.98. The van der Waals surface area contributed by atoms with Crippen LogP contribution in [0.15, 0.2) is 36.4 Å². The number of ether oxygens (including phenoxy) is 1. The Morgan fingerprint density at radius 2 is 1.90 bits per heavy atom. The lowest BCUT2D eigenvalue weighted by Gasteiger charge is -2.10. The Kier molecular flexibility index (Phi) is 4.14. The number of halogens is 3. The smallest absolute Gasteiger partial charge is 0.272 e. The van der Waals surface area contributed by atoms with Crippen LogP contribution in [0, 0.1) is 21.7 Å². The van der Waals surface area contributed by atoms with E-state index < -0.39 is 22.2 Å². The first-order valence-corrected chi connectivity index (χ1v) is 6.01. The molecule has 20 heavy (non-hydrogen) atoms. The van der Waals surface area contributed by atoms with Crippen molar-refractivity contribution < 1.29 is 18.4 Å². The minimum absolute atomic E-state index is 0.0627. The van der Waals surface area contributed by atoms with Crippen LogP contribution in [0.5, 0.6) is 11.5 Å². The second kappa shape index (κ2) is 5.83. The molecular formula is C13H8ClF2NO3. The molecule has 0 aliphatic rings. The van der Waals surface area contributed by atoms with E-state index in [0.29, 0.717) is 0 Å². The summed E-state index contributed by atoms with van der Waals surface area (Å²) in [6.45, 7) is 0. The van der Waals surface area contributed by atoms with Crippen molar-refractivity contribution >= 4 is 17.3 Å². The number of non-ortho nitro benzene ring substituents is 1. The lowest BCUT2D eigenvalue weighted by Crippen LogP contribution is -1.96. The molecule has 0 aliphatic heterocycles. The summed E-state index contributed by atoms with van der Waals surface area (Å²) in [5.41, 5.74) is -0.307. The van der Waals surface area contributed by atoms with E-state index in [1.807, 2.05) is 0 Å². The summed E-state index contributed by atoms with van der Waals surface area (Å²) in [6.07, 6.45) is 0. The van der Waals surface area contributed by atoms with Crippen molar-refractivity contribution in [1.82, 2.24) is 0 Å². The van der Waals surface area contributed by atoms with Crippen molar-refractivity contribution in [3.63, 3.8) is 0 Å². The van der Waals surface area contributed by atoms with Gasteiger partial charge < -0.3 is 4.74 Å². The average Bonchev–Trinajstić information content (AvgIpc) is 2.41. The predicted octanol–water partition coefficient (Wildman–Crippen LogP) is 4.40. The molecule has 0 aromatic heterocycles. The van der Waals surface area contributed by atoms with Crippen LogP contribution in [0.2, 0.25) is 0 Å². The number of nitro benzene ring substituents is 1. The number of benzene rings is 2. The van der Waals surface area contributed by atoms with Crippen LogP contribution in [0.1, 0.15) is 5.56 Å². The van der Waals surface area contributed by atoms with E-state index in [-0.39, 0.29) is 22.9 Å². The molecule has 0 aliphatic carbocycles. The summed E-state index contributed by atoms with van der Waals surface area (Å²) in [5, 5.41) is 10.5. The molecule has 0 unspecified atom stereocenters. The molecule has 0 bridgehead atoms. The number of hydrogen-bond donors (Lipinski definition) is 0. The molecular weight excluding hydrogens is 292 g/mol. The zero-order chi connectivity index (χ0) is 14.7. The molecule has 0 saturated heterocycles. The SMILES string of the molecule is O=[N+]([O-])c1ccc(Oc2cccc(F)c2CCl)c(F)c1. The number of nitrogens with zero attached hydrogens (tertiary/aromatic N) is 1. The summed E-state index contributed by atoms with van der Waals surface area (Å²) in [4.78, 5) is 9.78. The van der Waals surface area contributed by atoms with Crippen LogP contribution >= 0.6 is 11.6 Å². The van der Waals surface area contributed by atoms with E-state index in [1.54, 1.807) is 0 Å². The monoisotopic (exact) mass is 299 g/mol. The number of hydrogen-bond acceptors (Lipinski definition) is 3. The molecule has 0 fully saturated rings. The number of nitro groups is 1. The van der Waals surface area contributed by atoms with Gasteiger partial charge in [-0.1, -0.05) is 6.07 Å².